The number of Topliss-reactive ketones (excluding diaryl/α,β-unsaturated/α-hetero) is 1. The number of rotatable bonds is 3. The number of ketones is 1. The number of ether oxygens (including phenoxy) is 1. The third-order valence-electron chi connectivity index (χ3n) is 1.65. The molecule has 0 amide bonds. The van der Waals surface area contributed by atoms with E-state index in [1.165, 1.54) is 25.3 Å². The molecule has 0 aliphatic rings. The van der Waals surface area contributed by atoms with E-state index in [1.54, 1.807) is 0 Å². The molecule has 0 aliphatic carbocycles. The third kappa shape index (κ3) is 1.66. The first-order valence-corrected chi connectivity index (χ1v) is 3.71. The van der Waals surface area contributed by atoms with Crippen LogP contribution in [-0.2, 0) is 4.79 Å². The fraction of sp³-hybridized carbons (Fsp3) is 0.111. The van der Waals surface area contributed by atoms with E-state index in [2.05, 4.69) is 0 Å². The number of carboxylic acid groups (broad SMARTS) is 1. The minimum absolute atomic E-state index is 0.0393. The largest absolute Gasteiger partial charge is 0.507 e. The fourth-order valence-electron chi connectivity index (χ4n) is 1.02. The number of carbonyl (C=O) groups is 2. The molecule has 1 aromatic rings. The summed E-state index contributed by atoms with van der Waals surface area (Å²) in [5.74, 6) is -3.20. The van der Waals surface area contributed by atoms with Crippen molar-refractivity contribution in [1.29, 1.82) is 0 Å². The Hall–Kier alpha value is -2.04. The Kier molecular flexibility index (Phi) is 2.71. The molecule has 74 valence electrons. The van der Waals surface area contributed by atoms with E-state index in [1.807, 2.05) is 0 Å². The average Bonchev–Trinajstić information content (AvgIpc) is 2.16. The van der Waals surface area contributed by atoms with Crippen LogP contribution in [0.1, 0.15) is 10.4 Å². The fourth-order valence-corrected chi connectivity index (χ4v) is 1.02. The van der Waals surface area contributed by atoms with E-state index in [-0.39, 0.29) is 11.3 Å². The molecule has 0 atom stereocenters. The predicted molar refractivity (Wildman–Crippen MR) is 46.6 cm³/mol. The molecule has 0 unspecified atom stereocenters. The molecule has 14 heavy (non-hydrogen) atoms. The van der Waals surface area contributed by atoms with E-state index in [0.29, 0.717) is 0 Å². The first-order chi connectivity index (χ1) is 6.57. The van der Waals surface area contributed by atoms with Gasteiger partial charge in [0.2, 0.25) is 0 Å². The third-order valence-corrected chi connectivity index (χ3v) is 1.65. The summed E-state index contributed by atoms with van der Waals surface area (Å²) in [5.41, 5.74) is -0.331. The summed E-state index contributed by atoms with van der Waals surface area (Å²) < 4.78 is 4.75. The van der Waals surface area contributed by atoms with E-state index in [0.717, 1.165) is 0 Å². The summed E-state index contributed by atoms with van der Waals surface area (Å²) in [6, 6.07) is 4.07. The number of hydrogen-bond acceptors (Lipinski definition) is 4. The molecule has 0 aliphatic heterocycles. The molecule has 1 rings (SSSR count). The Balaban J connectivity index is 3.30. The van der Waals surface area contributed by atoms with Crippen molar-refractivity contribution in [2.75, 3.05) is 7.11 Å². The lowest BCUT2D eigenvalue weighted by Gasteiger charge is -2.06. The van der Waals surface area contributed by atoms with Gasteiger partial charge in [0, 0.05) is 0 Å². The lowest BCUT2D eigenvalue weighted by molar-refractivity contribution is -0.131. The van der Waals surface area contributed by atoms with Crippen LogP contribution in [-0.4, -0.2) is 29.1 Å². The highest BCUT2D eigenvalue weighted by Gasteiger charge is 2.22. The van der Waals surface area contributed by atoms with Gasteiger partial charge in [-0.15, -0.1) is 0 Å². The van der Waals surface area contributed by atoms with Crippen molar-refractivity contribution in [2.45, 2.75) is 0 Å². The second kappa shape index (κ2) is 3.78. The van der Waals surface area contributed by atoms with Crippen LogP contribution in [0.25, 0.3) is 0 Å². The topological polar surface area (TPSA) is 83.8 Å². The van der Waals surface area contributed by atoms with Gasteiger partial charge in [0.25, 0.3) is 5.78 Å². The number of aliphatic carboxylic acids is 1. The SMILES string of the molecule is COc1cccc(O)c1C(=O)C(=O)O. The number of benzene rings is 1. The molecule has 0 bridgehead atoms. The van der Waals surface area contributed by atoms with Crippen LogP contribution in [0.5, 0.6) is 11.5 Å². The Bertz CT molecular complexity index is 383. The number of aromatic hydroxyl groups is 1. The Morgan fingerprint density at radius 3 is 2.50 bits per heavy atom. The molecule has 0 fully saturated rings. The smallest absolute Gasteiger partial charge is 0.377 e. The van der Waals surface area contributed by atoms with E-state index in [9.17, 15) is 14.7 Å². The zero-order chi connectivity index (χ0) is 10.7. The van der Waals surface area contributed by atoms with Crippen molar-refractivity contribution >= 4 is 11.8 Å². The number of phenols is 1. The maximum atomic E-state index is 11.1. The number of phenolic OH excluding ortho intramolecular Hbond substituents is 1. The van der Waals surface area contributed by atoms with Gasteiger partial charge in [0.15, 0.2) is 0 Å². The number of hydrogen-bond donors (Lipinski definition) is 2. The first kappa shape index (κ1) is 10.0. The Morgan fingerprint density at radius 2 is 2.00 bits per heavy atom. The molecule has 5 heteroatoms. The van der Waals surface area contributed by atoms with Crippen molar-refractivity contribution in [3.63, 3.8) is 0 Å². The minimum Gasteiger partial charge on any atom is -0.507 e. The van der Waals surface area contributed by atoms with Crippen LogP contribution >= 0.6 is 0 Å². The number of carboxylic acids is 1. The monoisotopic (exact) mass is 196 g/mol. The normalized spacial score (nSPS) is 9.50. The zero-order valence-electron chi connectivity index (χ0n) is 7.35. The maximum absolute atomic E-state index is 11.1. The van der Waals surface area contributed by atoms with E-state index >= 15 is 0 Å². The lowest BCUT2D eigenvalue weighted by atomic mass is 10.1. The summed E-state index contributed by atoms with van der Waals surface area (Å²) in [4.78, 5) is 21.5. The summed E-state index contributed by atoms with van der Waals surface area (Å²) in [6.07, 6.45) is 0. The van der Waals surface area contributed by atoms with Crippen LogP contribution in [0.15, 0.2) is 18.2 Å². The zero-order valence-corrected chi connectivity index (χ0v) is 7.35. The van der Waals surface area contributed by atoms with Crippen molar-refractivity contribution < 1.29 is 24.5 Å². The van der Waals surface area contributed by atoms with Gasteiger partial charge in [0.05, 0.1) is 7.11 Å². The highest BCUT2D eigenvalue weighted by atomic mass is 16.5. The quantitative estimate of drug-likeness (QED) is 0.548. The number of methoxy groups -OCH3 is 1. The Labute approximate surface area is 79.6 Å². The lowest BCUT2D eigenvalue weighted by Crippen LogP contribution is -2.14. The van der Waals surface area contributed by atoms with Gasteiger partial charge in [-0.25, -0.2) is 4.79 Å². The molecule has 0 saturated heterocycles. The standard InChI is InChI=1S/C9H8O5/c1-14-6-4-2-3-5(10)7(6)8(11)9(12)13/h2-4,10H,1H3,(H,12,13). The molecular formula is C9H8O5. The van der Waals surface area contributed by atoms with Crippen LogP contribution in [0.3, 0.4) is 0 Å². The van der Waals surface area contributed by atoms with E-state index < -0.39 is 17.5 Å². The van der Waals surface area contributed by atoms with Crippen LogP contribution in [0.2, 0.25) is 0 Å². The first-order valence-electron chi connectivity index (χ1n) is 3.71. The minimum atomic E-state index is -1.63. The van der Waals surface area contributed by atoms with Crippen molar-refractivity contribution in [3.8, 4) is 11.5 Å². The molecule has 5 nitrogen and oxygen atoms in total. The average molecular weight is 196 g/mol. The molecule has 1 aromatic carbocycles. The molecule has 0 aromatic heterocycles. The van der Waals surface area contributed by atoms with Gasteiger partial charge in [-0.05, 0) is 12.1 Å². The van der Waals surface area contributed by atoms with Crippen LogP contribution in [0, 0.1) is 0 Å². The van der Waals surface area contributed by atoms with Crippen molar-refractivity contribution in [2.24, 2.45) is 0 Å². The molecule has 2 N–H and O–H groups in total. The second-order valence-corrected chi connectivity index (χ2v) is 2.49. The highest BCUT2D eigenvalue weighted by Crippen LogP contribution is 2.27. The molecular weight excluding hydrogens is 188 g/mol. The van der Waals surface area contributed by atoms with Gasteiger partial charge in [-0.1, -0.05) is 6.07 Å². The van der Waals surface area contributed by atoms with Gasteiger partial charge in [0.1, 0.15) is 17.1 Å². The second-order valence-electron chi connectivity index (χ2n) is 2.49. The van der Waals surface area contributed by atoms with Crippen molar-refractivity contribution in [1.82, 2.24) is 0 Å². The summed E-state index contributed by atoms with van der Waals surface area (Å²) in [7, 11) is 1.29. The van der Waals surface area contributed by atoms with Crippen molar-refractivity contribution in [3.05, 3.63) is 23.8 Å². The van der Waals surface area contributed by atoms with Gasteiger partial charge in [-0.3, -0.25) is 4.79 Å². The molecule has 0 saturated carbocycles. The van der Waals surface area contributed by atoms with Crippen LogP contribution in [0.4, 0.5) is 0 Å². The highest BCUT2D eigenvalue weighted by molar-refractivity contribution is 6.41. The maximum Gasteiger partial charge on any atom is 0.377 e. The summed E-state index contributed by atoms with van der Waals surface area (Å²) >= 11 is 0. The summed E-state index contributed by atoms with van der Waals surface area (Å²) in [5, 5.41) is 17.7. The predicted octanol–water partition coefficient (Wildman–Crippen LogP) is 0.668. The molecule has 0 heterocycles. The summed E-state index contributed by atoms with van der Waals surface area (Å²) in [6.45, 7) is 0. The Morgan fingerprint density at radius 1 is 1.36 bits per heavy atom. The molecule has 0 spiro atoms. The number of carbonyl (C=O) groups excluding carboxylic acids is 1. The van der Waals surface area contributed by atoms with Gasteiger partial charge >= 0.3 is 5.97 Å². The van der Waals surface area contributed by atoms with Gasteiger partial charge in [-0.2, -0.15) is 0 Å². The molecule has 0 radical (unpaired) electrons. The van der Waals surface area contributed by atoms with E-state index in [4.69, 9.17) is 9.84 Å². The van der Waals surface area contributed by atoms with Crippen LogP contribution < -0.4 is 4.74 Å². The van der Waals surface area contributed by atoms with Gasteiger partial charge < -0.3 is 14.9 Å².